The number of hydrogen-bond donors (Lipinski definition) is 1. The highest BCUT2D eigenvalue weighted by atomic mass is 16.4. The lowest BCUT2D eigenvalue weighted by atomic mass is 10.0. The molecule has 1 aliphatic heterocycles. The van der Waals surface area contributed by atoms with Crippen molar-refractivity contribution in [2.45, 2.75) is 19.3 Å². The monoisotopic (exact) mass is 348 g/mol. The van der Waals surface area contributed by atoms with Gasteiger partial charge in [-0.05, 0) is 23.8 Å². The predicted molar refractivity (Wildman–Crippen MR) is 99.0 cm³/mol. The fraction of sp³-hybridized carbons (Fsp3) is 0.250. The van der Waals surface area contributed by atoms with Gasteiger partial charge in [-0.1, -0.05) is 43.3 Å². The zero-order valence-corrected chi connectivity index (χ0v) is 14.6. The molecule has 4 rings (SSSR count). The molecule has 1 aliphatic rings. The lowest BCUT2D eigenvalue weighted by Gasteiger charge is -2.18. The fourth-order valence-corrected chi connectivity index (χ4v) is 3.24. The van der Waals surface area contributed by atoms with E-state index in [4.69, 9.17) is 4.42 Å². The minimum atomic E-state index is -0.0930. The first kappa shape index (κ1) is 16.3. The van der Waals surface area contributed by atoms with E-state index in [2.05, 4.69) is 28.5 Å². The summed E-state index contributed by atoms with van der Waals surface area (Å²) in [6.07, 6.45) is 0.497. The lowest BCUT2D eigenvalue weighted by molar-refractivity contribution is 0.246. The number of anilines is 1. The van der Waals surface area contributed by atoms with E-state index in [1.54, 1.807) is 4.90 Å². The standard InChI is InChI=1S/C20H20N4O2/c1-14-13-24(17-10-6-5-9-16(14)17)20(25)21-12-11-18-22-23-19(26-18)15-7-3-2-4-8-15/h2-10,14H,11-13H2,1H3,(H,21,25). The van der Waals surface area contributed by atoms with Crippen LogP contribution >= 0.6 is 0 Å². The van der Waals surface area contributed by atoms with Gasteiger partial charge < -0.3 is 9.73 Å². The zero-order valence-electron chi connectivity index (χ0n) is 14.6. The first-order valence-electron chi connectivity index (χ1n) is 8.74. The fourth-order valence-electron chi connectivity index (χ4n) is 3.24. The zero-order chi connectivity index (χ0) is 17.9. The number of fused-ring (bicyclic) bond motifs is 1. The SMILES string of the molecule is CC1CN(C(=O)NCCc2nnc(-c3ccccc3)o2)c2ccccc21. The summed E-state index contributed by atoms with van der Waals surface area (Å²) < 4.78 is 5.66. The van der Waals surface area contributed by atoms with Gasteiger partial charge in [0.25, 0.3) is 0 Å². The van der Waals surface area contributed by atoms with E-state index in [-0.39, 0.29) is 6.03 Å². The van der Waals surface area contributed by atoms with Crippen LogP contribution in [0, 0.1) is 0 Å². The summed E-state index contributed by atoms with van der Waals surface area (Å²) in [4.78, 5) is 14.3. The number of carbonyl (C=O) groups is 1. The van der Waals surface area contributed by atoms with Crippen LogP contribution in [0.3, 0.4) is 0 Å². The van der Waals surface area contributed by atoms with Gasteiger partial charge in [0.15, 0.2) is 0 Å². The largest absolute Gasteiger partial charge is 0.421 e. The molecule has 0 saturated carbocycles. The van der Waals surface area contributed by atoms with Crippen LogP contribution in [0.25, 0.3) is 11.5 Å². The number of para-hydroxylation sites is 1. The maximum Gasteiger partial charge on any atom is 0.321 e. The van der Waals surface area contributed by atoms with Crippen LogP contribution in [0.1, 0.15) is 24.3 Å². The second-order valence-corrected chi connectivity index (χ2v) is 6.42. The van der Waals surface area contributed by atoms with Gasteiger partial charge in [0.05, 0.1) is 0 Å². The average molecular weight is 348 g/mol. The van der Waals surface area contributed by atoms with Crippen molar-refractivity contribution in [3.8, 4) is 11.5 Å². The second-order valence-electron chi connectivity index (χ2n) is 6.42. The van der Waals surface area contributed by atoms with Crippen molar-refractivity contribution in [1.29, 1.82) is 0 Å². The predicted octanol–water partition coefficient (Wildman–Crippen LogP) is 3.61. The molecule has 0 radical (unpaired) electrons. The second kappa shape index (κ2) is 7.00. The normalized spacial score (nSPS) is 15.7. The van der Waals surface area contributed by atoms with Crippen LogP contribution in [0.15, 0.2) is 59.0 Å². The molecule has 6 nitrogen and oxygen atoms in total. The van der Waals surface area contributed by atoms with Crippen LogP contribution in [0.4, 0.5) is 10.5 Å². The molecular formula is C20H20N4O2. The van der Waals surface area contributed by atoms with Gasteiger partial charge >= 0.3 is 6.03 Å². The molecule has 26 heavy (non-hydrogen) atoms. The van der Waals surface area contributed by atoms with Gasteiger partial charge in [-0.2, -0.15) is 0 Å². The molecule has 0 spiro atoms. The number of amides is 2. The molecule has 0 saturated heterocycles. The van der Waals surface area contributed by atoms with Gasteiger partial charge in [0.1, 0.15) is 0 Å². The maximum atomic E-state index is 12.5. The Morgan fingerprint density at radius 2 is 1.92 bits per heavy atom. The highest BCUT2D eigenvalue weighted by Crippen LogP contribution is 2.35. The highest BCUT2D eigenvalue weighted by Gasteiger charge is 2.29. The van der Waals surface area contributed by atoms with Crippen molar-refractivity contribution in [2.75, 3.05) is 18.0 Å². The van der Waals surface area contributed by atoms with Crippen LogP contribution in [0.5, 0.6) is 0 Å². The van der Waals surface area contributed by atoms with Crippen molar-refractivity contribution >= 4 is 11.7 Å². The van der Waals surface area contributed by atoms with Gasteiger partial charge in [-0.15, -0.1) is 10.2 Å². The molecule has 0 aliphatic carbocycles. The van der Waals surface area contributed by atoms with Gasteiger partial charge in [0.2, 0.25) is 11.8 Å². The molecule has 2 heterocycles. The molecule has 3 aromatic rings. The lowest BCUT2D eigenvalue weighted by Crippen LogP contribution is -2.40. The molecule has 2 aromatic carbocycles. The summed E-state index contributed by atoms with van der Waals surface area (Å²) in [6, 6.07) is 17.6. The van der Waals surface area contributed by atoms with E-state index in [9.17, 15) is 4.79 Å². The minimum absolute atomic E-state index is 0.0930. The molecule has 1 N–H and O–H groups in total. The van der Waals surface area contributed by atoms with E-state index >= 15 is 0 Å². The van der Waals surface area contributed by atoms with Crippen LogP contribution < -0.4 is 10.2 Å². The average Bonchev–Trinajstić information content (AvgIpc) is 3.28. The maximum absolute atomic E-state index is 12.5. The van der Waals surface area contributed by atoms with Crippen LogP contribution in [0.2, 0.25) is 0 Å². The van der Waals surface area contributed by atoms with Crippen molar-refractivity contribution in [3.63, 3.8) is 0 Å². The molecule has 0 fully saturated rings. The third kappa shape index (κ3) is 3.18. The molecular weight excluding hydrogens is 328 g/mol. The van der Waals surface area contributed by atoms with Crippen LogP contribution in [-0.4, -0.2) is 29.3 Å². The minimum Gasteiger partial charge on any atom is -0.421 e. The van der Waals surface area contributed by atoms with E-state index in [0.29, 0.717) is 37.2 Å². The summed E-state index contributed by atoms with van der Waals surface area (Å²) >= 11 is 0. The van der Waals surface area contributed by atoms with E-state index < -0.39 is 0 Å². The topological polar surface area (TPSA) is 71.3 Å². The Morgan fingerprint density at radius 1 is 1.15 bits per heavy atom. The van der Waals surface area contributed by atoms with Gasteiger partial charge in [-0.25, -0.2) is 4.79 Å². The molecule has 2 amide bonds. The summed E-state index contributed by atoms with van der Waals surface area (Å²) in [7, 11) is 0. The highest BCUT2D eigenvalue weighted by molar-refractivity contribution is 5.94. The first-order chi connectivity index (χ1) is 12.7. The molecule has 1 atom stereocenters. The summed E-state index contributed by atoms with van der Waals surface area (Å²) in [5.74, 6) is 1.36. The van der Waals surface area contributed by atoms with Crippen LogP contribution in [-0.2, 0) is 6.42 Å². The van der Waals surface area contributed by atoms with Crippen molar-refractivity contribution in [1.82, 2.24) is 15.5 Å². The first-order valence-corrected chi connectivity index (χ1v) is 8.74. The van der Waals surface area contributed by atoms with Crippen molar-refractivity contribution in [2.24, 2.45) is 0 Å². The summed E-state index contributed by atoms with van der Waals surface area (Å²) in [6.45, 7) is 3.28. The number of urea groups is 1. The Balaban J connectivity index is 1.34. The van der Waals surface area contributed by atoms with E-state index in [0.717, 1.165) is 11.3 Å². The number of nitrogens with one attached hydrogen (secondary N) is 1. The Hall–Kier alpha value is -3.15. The number of carbonyl (C=O) groups excluding carboxylic acids is 1. The quantitative estimate of drug-likeness (QED) is 0.782. The third-order valence-electron chi connectivity index (χ3n) is 4.56. The Labute approximate surface area is 151 Å². The number of hydrogen-bond acceptors (Lipinski definition) is 4. The van der Waals surface area contributed by atoms with E-state index in [1.165, 1.54) is 5.56 Å². The Morgan fingerprint density at radius 3 is 2.77 bits per heavy atom. The van der Waals surface area contributed by atoms with Gasteiger partial charge in [-0.3, -0.25) is 4.90 Å². The van der Waals surface area contributed by atoms with Gasteiger partial charge in [0, 0.05) is 36.7 Å². The number of rotatable bonds is 4. The number of nitrogens with zero attached hydrogens (tertiary/aromatic N) is 3. The number of benzene rings is 2. The molecule has 1 unspecified atom stereocenters. The molecule has 0 bridgehead atoms. The van der Waals surface area contributed by atoms with Crippen molar-refractivity contribution in [3.05, 3.63) is 66.1 Å². The van der Waals surface area contributed by atoms with E-state index in [1.807, 2.05) is 48.5 Å². The molecule has 1 aromatic heterocycles. The Bertz CT molecular complexity index is 907. The molecule has 132 valence electrons. The summed E-state index contributed by atoms with van der Waals surface area (Å²) in [5, 5.41) is 11.1. The Kier molecular flexibility index (Phi) is 4.39. The summed E-state index contributed by atoms with van der Waals surface area (Å²) in [5.41, 5.74) is 3.09. The van der Waals surface area contributed by atoms with Crippen molar-refractivity contribution < 1.29 is 9.21 Å². The molecule has 6 heteroatoms. The smallest absolute Gasteiger partial charge is 0.321 e. The number of aromatic nitrogens is 2. The third-order valence-corrected chi connectivity index (χ3v) is 4.56.